The van der Waals surface area contributed by atoms with Crippen LogP contribution in [0.5, 0.6) is 0 Å². The lowest BCUT2D eigenvalue weighted by Crippen LogP contribution is -2.42. The zero-order valence-corrected chi connectivity index (χ0v) is 14.6. The van der Waals surface area contributed by atoms with Crippen LogP contribution in [-0.2, 0) is 26.9 Å². The fraction of sp³-hybridized carbons (Fsp3) is 0.438. The molecule has 0 bridgehead atoms. The zero-order valence-electron chi connectivity index (χ0n) is 13.8. The molecular formula is C16H18N4O4S. The van der Waals surface area contributed by atoms with Crippen molar-refractivity contribution in [3.05, 3.63) is 47.2 Å². The van der Waals surface area contributed by atoms with E-state index in [-0.39, 0.29) is 25.4 Å². The maximum Gasteiger partial charge on any atom is 0.246 e. The third-order valence-corrected chi connectivity index (χ3v) is 5.70. The minimum absolute atomic E-state index is 0.131. The van der Waals surface area contributed by atoms with E-state index in [0.717, 1.165) is 0 Å². The minimum atomic E-state index is -3.55. The average molecular weight is 362 g/mol. The van der Waals surface area contributed by atoms with Gasteiger partial charge in [0.25, 0.3) is 0 Å². The predicted octanol–water partition coefficient (Wildman–Crippen LogP) is 1.41. The Bertz CT molecular complexity index is 888. The highest BCUT2D eigenvalue weighted by atomic mass is 32.2. The molecule has 0 saturated carbocycles. The van der Waals surface area contributed by atoms with Crippen LogP contribution in [0, 0.1) is 11.3 Å². The molecule has 132 valence electrons. The van der Waals surface area contributed by atoms with Crippen molar-refractivity contribution >= 4 is 10.0 Å². The molecule has 1 fully saturated rings. The summed E-state index contributed by atoms with van der Waals surface area (Å²) in [6, 6.07) is 8.61. The zero-order chi connectivity index (χ0) is 17.9. The van der Waals surface area contributed by atoms with Crippen LogP contribution in [0.15, 0.2) is 28.7 Å². The summed E-state index contributed by atoms with van der Waals surface area (Å²) in [6.07, 6.45) is 0.0403. The molecule has 9 heteroatoms. The van der Waals surface area contributed by atoms with Gasteiger partial charge in [-0.05, 0) is 17.7 Å². The smallest absolute Gasteiger partial charge is 0.246 e. The molecule has 3 rings (SSSR count). The second kappa shape index (κ2) is 7.31. The molecular weight excluding hydrogens is 344 g/mol. The van der Waals surface area contributed by atoms with E-state index in [1.54, 1.807) is 24.3 Å². The lowest BCUT2D eigenvalue weighted by Gasteiger charge is -2.30. The fourth-order valence-electron chi connectivity index (χ4n) is 2.60. The monoisotopic (exact) mass is 362 g/mol. The van der Waals surface area contributed by atoms with Crippen molar-refractivity contribution in [1.82, 2.24) is 14.5 Å². The van der Waals surface area contributed by atoms with Crippen LogP contribution in [0.2, 0.25) is 0 Å². The molecule has 0 radical (unpaired) electrons. The van der Waals surface area contributed by atoms with Crippen molar-refractivity contribution in [2.75, 3.05) is 19.7 Å². The molecule has 2 heterocycles. The Labute approximate surface area is 146 Å². The maximum absolute atomic E-state index is 12.7. The van der Waals surface area contributed by atoms with Crippen molar-refractivity contribution in [2.24, 2.45) is 0 Å². The van der Waals surface area contributed by atoms with E-state index >= 15 is 0 Å². The Morgan fingerprint density at radius 1 is 1.40 bits per heavy atom. The normalized spacial score (nSPS) is 18.8. The first-order valence-corrected chi connectivity index (χ1v) is 9.53. The van der Waals surface area contributed by atoms with Crippen LogP contribution in [0.1, 0.15) is 35.9 Å². The van der Waals surface area contributed by atoms with Crippen LogP contribution < -0.4 is 0 Å². The summed E-state index contributed by atoms with van der Waals surface area (Å²) in [4.78, 5) is 0. The maximum atomic E-state index is 12.7. The van der Waals surface area contributed by atoms with Crippen molar-refractivity contribution in [1.29, 1.82) is 5.26 Å². The number of rotatable bonds is 5. The van der Waals surface area contributed by atoms with Crippen LogP contribution in [0.4, 0.5) is 0 Å². The molecule has 1 saturated heterocycles. The van der Waals surface area contributed by atoms with Gasteiger partial charge < -0.3 is 9.15 Å². The summed E-state index contributed by atoms with van der Waals surface area (Å²) in [6.45, 7) is 2.55. The molecule has 1 aromatic carbocycles. The largest absolute Gasteiger partial charge is 0.422 e. The lowest BCUT2D eigenvalue weighted by atomic mass is 10.2. The number of morpholine rings is 1. The van der Waals surface area contributed by atoms with E-state index < -0.39 is 16.1 Å². The lowest BCUT2D eigenvalue weighted by molar-refractivity contribution is -0.0178. The topological polar surface area (TPSA) is 109 Å². The Morgan fingerprint density at radius 3 is 2.96 bits per heavy atom. The van der Waals surface area contributed by atoms with Gasteiger partial charge >= 0.3 is 0 Å². The van der Waals surface area contributed by atoms with E-state index in [2.05, 4.69) is 10.2 Å². The van der Waals surface area contributed by atoms with E-state index in [0.29, 0.717) is 29.3 Å². The Kier molecular flexibility index (Phi) is 5.13. The van der Waals surface area contributed by atoms with E-state index in [4.69, 9.17) is 14.4 Å². The molecule has 25 heavy (non-hydrogen) atoms. The van der Waals surface area contributed by atoms with Gasteiger partial charge in [-0.2, -0.15) is 9.57 Å². The summed E-state index contributed by atoms with van der Waals surface area (Å²) in [5.41, 5.74) is 1.01. The molecule has 0 aliphatic carbocycles. The number of aromatic nitrogens is 2. The first-order valence-electron chi connectivity index (χ1n) is 7.92. The van der Waals surface area contributed by atoms with Gasteiger partial charge in [-0.25, -0.2) is 8.42 Å². The first kappa shape index (κ1) is 17.5. The van der Waals surface area contributed by atoms with Crippen molar-refractivity contribution in [3.8, 4) is 6.07 Å². The molecule has 1 aliphatic heterocycles. The van der Waals surface area contributed by atoms with Crippen LogP contribution >= 0.6 is 0 Å². The van der Waals surface area contributed by atoms with Crippen molar-refractivity contribution in [3.63, 3.8) is 0 Å². The van der Waals surface area contributed by atoms with Gasteiger partial charge in [-0.15, -0.1) is 10.2 Å². The highest BCUT2D eigenvalue weighted by Crippen LogP contribution is 2.24. The number of hydrogen-bond acceptors (Lipinski definition) is 7. The minimum Gasteiger partial charge on any atom is -0.422 e. The number of ether oxygens (including phenoxy) is 1. The number of hydrogen-bond donors (Lipinski definition) is 0. The number of nitrogens with zero attached hydrogens (tertiary/aromatic N) is 4. The van der Waals surface area contributed by atoms with Crippen LogP contribution in [-0.4, -0.2) is 42.6 Å². The Balaban J connectivity index is 1.74. The van der Waals surface area contributed by atoms with E-state index in [9.17, 15) is 8.42 Å². The van der Waals surface area contributed by atoms with E-state index in [1.807, 2.05) is 13.0 Å². The third-order valence-electron chi connectivity index (χ3n) is 3.89. The standard InChI is InChI=1S/C16H18N4O4S/c1-2-15-18-19-16(24-15)14-10-20(6-7-23-14)25(21,22)11-13-5-3-4-12(8-13)9-17/h3-5,8,14H,2,6-7,10-11H2,1H3. The molecule has 0 spiro atoms. The number of nitriles is 1. The van der Waals surface area contributed by atoms with Crippen LogP contribution in [0.25, 0.3) is 0 Å². The van der Waals surface area contributed by atoms with Gasteiger partial charge in [0.05, 0.1) is 24.0 Å². The summed E-state index contributed by atoms with van der Waals surface area (Å²) < 4.78 is 37.9. The SMILES string of the molecule is CCc1nnc(C2CN(S(=O)(=O)Cc3cccc(C#N)c3)CCO2)o1. The van der Waals surface area contributed by atoms with Gasteiger partial charge in [0, 0.05) is 19.5 Å². The van der Waals surface area contributed by atoms with Gasteiger partial charge in [0.2, 0.25) is 21.8 Å². The summed E-state index contributed by atoms with van der Waals surface area (Å²) in [5, 5.41) is 16.8. The highest BCUT2D eigenvalue weighted by molar-refractivity contribution is 7.88. The summed E-state index contributed by atoms with van der Waals surface area (Å²) in [7, 11) is -3.55. The van der Waals surface area contributed by atoms with Gasteiger partial charge in [-0.3, -0.25) is 0 Å². The third kappa shape index (κ3) is 4.04. The average Bonchev–Trinajstić information content (AvgIpc) is 3.11. The fourth-order valence-corrected chi connectivity index (χ4v) is 4.10. The first-order chi connectivity index (χ1) is 12.0. The van der Waals surface area contributed by atoms with Gasteiger partial charge in [0.1, 0.15) is 6.10 Å². The number of benzene rings is 1. The van der Waals surface area contributed by atoms with Crippen molar-refractivity contribution in [2.45, 2.75) is 25.2 Å². The van der Waals surface area contributed by atoms with Gasteiger partial charge in [0.15, 0.2) is 0 Å². The molecule has 2 aromatic rings. The molecule has 1 atom stereocenters. The second-order valence-electron chi connectivity index (χ2n) is 5.67. The quantitative estimate of drug-likeness (QED) is 0.791. The second-order valence-corrected chi connectivity index (χ2v) is 7.64. The molecule has 1 aliphatic rings. The molecule has 0 amide bonds. The molecule has 0 N–H and O–H groups in total. The number of aryl methyl sites for hydroxylation is 1. The number of sulfonamides is 1. The highest BCUT2D eigenvalue weighted by Gasteiger charge is 2.33. The van der Waals surface area contributed by atoms with Crippen molar-refractivity contribution < 1.29 is 17.6 Å². The molecule has 8 nitrogen and oxygen atoms in total. The summed E-state index contributed by atoms with van der Waals surface area (Å²) >= 11 is 0. The molecule has 1 unspecified atom stereocenters. The van der Waals surface area contributed by atoms with Gasteiger partial charge in [-0.1, -0.05) is 19.1 Å². The predicted molar refractivity (Wildman–Crippen MR) is 87.7 cm³/mol. The molecule has 1 aromatic heterocycles. The van der Waals surface area contributed by atoms with E-state index in [1.165, 1.54) is 4.31 Å². The Hall–Kier alpha value is -2.28. The Morgan fingerprint density at radius 2 is 2.24 bits per heavy atom. The summed E-state index contributed by atoms with van der Waals surface area (Å²) in [5.74, 6) is 0.620. The van der Waals surface area contributed by atoms with Crippen LogP contribution in [0.3, 0.4) is 0 Å².